The van der Waals surface area contributed by atoms with Crippen molar-refractivity contribution in [1.29, 1.82) is 0 Å². The van der Waals surface area contributed by atoms with Gasteiger partial charge in [0.15, 0.2) is 0 Å². The first kappa shape index (κ1) is 11.4. The molecule has 2 rings (SSSR count). The Labute approximate surface area is 97.7 Å². The summed E-state index contributed by atoms with van der Waals surface area (Å²) in [5.41, 5.74) is 7.99. The van der Waals surface area contributed by atoms with E-state index in [1.165, 1.54) is 24.9 Å². The van der Waals surface area contributed by atoms with Crippen molar-refractivity contribution in [2.75, 3.05) is 11.4 Å². The Morgan fingerprint density at radius 1 is 1.44 bits per heavy atom. The molecule has 0 aromatic carbocycles. The molecule has 1 aliphatic rings. The zero-order chi connectivity index (χ0) is 11.5. The number of nitrogens with zero attached hydrogens (tertiary/aromatic N) is 2. The Bertz CT molecular complexity index is 332. The summed E-state index contributed by atoms with van der Waals surface area (Å²) >= 11 is 0. The van der Waals surface area contributed by atoms with E-state index in [-0.39, 0.29) is 6.04 Å². The number of piperidine rings is 1. The predicted octanol–water partition coefficient (Wildman–Crippen LogP) is 2.48. The number of rotatable bonds is 2. The highest BCUT2D eigenvalue weighted by atomic mass is 15.2. The molecule has 2 atom stereocenters. The Morgan fingerprint density at radius 2 is 2.25 bits per heavy atom. The van der Waals surface area contributed by atoms with Crippen molar-refractivity contribution in [2.24, 2.45) is 5.73 Å². The van der Waals surface area contributed by atoms with Crippen LogP contribution in [0.3, 0.4) is 0 Å². The van der Waals surface area contributed by atoms with Gasteiger partial charge in [-0.1, -0.05) is 0 Å². The van der Waals surface area contributed by atoms with Crippen molar-refractivity contribution in [3.05, 3.63) is 24.0 Å². The minimum Gasteiger partial charge on any atom is -0.368 e. The molecular formula is C13H21N3. The molecule has 88 valence electrons. The zero-order valence-corrected chi connectivity index (χ0v) is 10.2. The Balaban J connectivity index is 2.14. The molecule has 0 radical (unpaired) electrons. The summed E-state index contributed by atoms with van der Waals surface area (Å²) in [6, 6.07) is 4.85. The van der Waals surface area contributed by atoms with E-state index in [4.69, 9.17) is 5.73 Å². The van der Waals surface area contributed by atoms with Gasteiger partial charge in [-0.2, -0.15) is 0 Å². The molecule has 3 nitrogen and oxygen atoms in total. The fourth-order valence-electron chi connectivity index (χ4n) is 2.32. The first-order valence-corrected chi connectivity index (χ1v) is 6.16. The summed E-state index contributed by atoms with van der Waals surface area (Å²) in [6.45, 7) is 5.41. The second-order valence-electron chi connectivity index (χ2n) is 4.77. The molecule has 1 saturated heterocycles. The molecule has 1 aromatic rings. The van der Waals surface area contributed by atoms with Gasteiger partial charge in [-0.25, -0.2) is 0 Å². The fourth-order valence-corrected chi connectivity index (χ4v) is 2.32. The number of hydrogen-bond donors (Lipinski definition) is 1. The molecule has 1 aliphatic heterocycles. The second-order valence-corrected chi connectivity index (χ2v) is 4.77. The molecule has 3 heteroatoms. The Morgan fingerprint density at radius 3 is 2.81 bits per heavy atom. The molecule has 2 N–H and O–H groups in total. The van der Waals surface area contributed by atoms with Crippen LogP contribution in [-0.4, -0.2) is 17.6 Å². The molecule has 1 unspecified atom stereocenters. The maximum Gasteiger partial charge on any atom is 0.0569 e. The average Bonchev–Trinajstić information content (AvgIpc) is 2.30. The van der Waals surface area contributed by atoms with E-state index >= 15 is 0 Å². The maximum atomic E-state index is 5.79. The molecule has 2 heterocycles. The number of anilines is 1. The SMILES string of the molecule is CC1CCCCN1c1ccc([C@H](C)N)nc1. The summed E-state index contributed by atoms with van der Waals surface area (Å²) < 4.78 is 0. The Hall–Kier alpha value is -1.09. The number of aromatic nitrogens is 1. The van der Waals surface area contributed by atoms with E-state index in [1.807, 2.05) is 19.2 Å². The van der Waals surface area contributed by atoms with Crippen LogP contribution in [-0.2, 0) is 0 Å². The zero-order valence-electron chi connectivity index (χ0n) is 10.2. The lowest BCUT2D eigenvalue weighted by Gasteiger charge is -2.35. The highest BCUT2D eigenvalue weighted by Crippen LogP contribution is 2.24. The summed E-state index contributed by atoms with van der Waals surface area (Å²) in [5.74, 6) is 0. The standard InChI is InChI=1S/C13H21N3/c1-10-5-3-4-8-16(10)12-6-7-13(11(2)14)15-9-12/h6-7,9-11H,3-5,8,14H2,1-2H3/t10?,11-/m0/s1. The molecule has 1 aromatic heterocycles. The minimum atomic E-state index is 0.0211. The Kier molecular flexibility index (Phi) is 3.44. The molecule has 0 saturated carbocycles. The largest absolute Gasteiger partial charge is 0.368 e. The van der Waals surface area contributed by atoms with Crippen molar-refractivity contribution >= 4 is 5.69 Å². The number of pyridine rings is 1. The summed E-state index contributed by atoms with van der Waals surface area (Å²) in [4.78, 5) is 6.87. The van der Waals surface area contributed by atoms with E-state index in [2.05, 4.69) is 22.9 Å². The monoisotopic (exact) mass is 219 g/mol. The van der Waals surface area contributed by atoms with Crippen molar-refractivity contribution in [3.63, 3.8) is 0 Å². The highest BCUT2D eigenvalue weighted by molar-refractivity contribution is 5.46. The lowest BCUT2D eigenvalue weighted by Crippen LogP contribution is -2.37. The van der Waals surface area contributed by atoms with Crippen LogP contribution in [0.25, 0.3) is 0 Å². The highest BCUT2D eigenvalue weighted by Gasteiger charge is 2.18. The lowest BCUT2D eigenvalue weighted by molar-refractivity contribution is 0.484. The van der Waals surface area contributed by atoms with Crippen LogP contribution in [0.15, 0.2) is 18.3 Å². The molecule has 0 amide bonds. The van der Waals surface area contributed by atoms with Gasteiger partial charge in [0.2, 0.25) is 0 Å². The second kappa shape index (κ2) is 4.83. The molecule has 0 aliphatic carbocycles. The van der Waals surface area contributed by atoms with Gasteiger partial charge in [0.25, 0.3) is 0 Å². The van der Waals surface area contributed by atoms with Crippen LogP contribution in [0, 0.1) is 0 Å². The predicted molar refractivity (Wildman–Crippen MR) is 67.5 cm³/mol. The molecular weight excluding hydrogens is 198 g/mol. The fraction of sp³-hybridized carbons (Fsp3) is 0.615. The van der Waals surface area contributed by atoms with Crippen LogP contribution in [0.1, 0.15) is 44.8 Å². The van der Waals surface area contributed by atoms with Crippen molar-refractivity contribution in [2.45, 2.75) is 45.2 Å². The van der Waals surface area contributed by atoms with Crippen LogP contribution < -0.4 is 10.6 Å². The van der Waals surface area contributed by atoms with Crippen LogP contribution >= 0.6 is 0 Å². The van der Waals surface area contributed by atoms with E-state index in [9.17, 15) is 0 Å². The molecule has 0 bridgehead atoms. The van der Waals surface area contributed by atoms with Gasteiger partial charge in [-0.15, -0.1) is 0 Å². The third-order valence-electron chi connectivity index (χ3n) is 3.37. The van der Waals surface area contributed by atoms with Crippen molar-refractivity contribution in [1.82, 2.24) is 4.98 Å². The van der Waals surface area contributed by atoms with Crippen molar-refractivity contribution < 1.29 is 0 Å². The molecule has 1 fully saturated rings. The van der Waals surface area contributed by atoms with Crippen molar-refractivity contribution in [3.8, 4) is 0 Å². The van der Waals surface area contributed by atoms with Gasteiger partial charge in [-0.3, -0.25) is 4.98 Å². The first-order valence-electron chi connectivity index (χ1n) is 6.16. The minimum absolute atomic E-state index is 0.0211. The maximum absolute atomic E-state index is 5.79. The van der Waals surface area contributed by atoms with E-state index < -0.39 is 0 Å². The van der Waals surface area contributed by atoms with Gasteiger partial charge in [0.05, 0.1) is 17.6 Å². The molecule has 16 heavy (non-hydrogen) atoms. The molecule has 0 spiro atoms. The normalized spacial score (nSPS) is 23.2. The van der Waals surface area contributed by atoms with Crippen LogP contribution in [0.2, 0.25) is 0 Å². The quantitative estimate of drug-likeness (QED) is 0.831. The van der Waals surface area contributed by atoms with Crippen LogP contribution in [0.4, 0.5) is 5.69 Å². The van der Waals surface area contributed by atoms with Crippen LogP contribution in [0.5, 0.6) is 0 Å². The average molecular weight is 219 g/mol. The third-order valence-corrected chi connectivity index (χ3v) is 3.37. The first-order chi connectivity index (χ1) is 7.68. The van der Waals surface area contributed by atoms with Gasteiger partial charge in [0.1, 0.15) is 0 Å². The third kappa shape index (κ3) is 2.35. The number of nitrogens with two attached hydrogens (primary N) is 1. The van der Waals surface area contributed by atoms with Gasteiger partial charge < -0.3 is 10.6 Å². The summed E-state index contributed by atoms with van der Waals surface area (Å²) in [5, 5.41) is 0. The summed E-state index contributed by atoms with van der Waals surface area (Å²) in [7, 11) is 0. The summed E-state index contributed by atoms with van der Waals surface area (Å²) in [6.07, 6.45) is 5.89. The van der Waals surface area contributed by atoms with E-state index in [1.54, 1.807) is 0 Å². The van der Waals surface area contributed by atoms with E-state index in [0.717, 1.165) is 12.2 Å². The van der Waals surface area contributed by atoms with Gasteiger partial charge in [-0.05, 0) is 45.2 Å². The van der Waals surface area contributed by atoms with E-state index in [0.29, 0.717) is 6.04 Å². The number of hydrogen-bond acceptors (Lipinski definition) is 3. The smallest absolute Gasteiger partial charge is 0.0569 e. The van der Waals surface area contributed by atoms with Gasteiger partial charge in [0, 0.05) is 18.6 Å². The topological polar surface area (TPSA) is 42.1 Å². The lowest BCUT2D eigenvalue weighted by atomic mass is 10.0. The van der Waals surface area contributed by atoms with Gasteiger partial charge >= 0.3 is 0 Å².